The molecule has 0 radical (unpaired) electrons. The van der Waals surface area contributed by atoms with Crippen molar-refractivity contribution in [1.29, 1.82) is 0 Å². The Kier molecular flexibility index (Phi) is 5.83. The molecule has 1 N–H and O–H groups in total. The smallest absolute Gasteiger partial charge is 0.416 e. The largest absolute Gasteiger partial charge is 0.482 e. The molecular formula is C19H13F3N2O4S. The van der Waals surface area contributed by atoms with Gasteiger partial charge in [-0.25, -0.2) is 0 Å². The van der Waals surface area contributed by atoms with E-state index in [2.05, 4.69) is 5.32 Å². The molecule has 150 valence electrons. The fourth-order valence-electron chi connectivity index (χ4n) is 2.43. The molecule has 0 fully saturated rings. The predicted octanol–water partition coefficient (Wildman–Crippen LogP) is 5.51. The lowest BCUT2D eigenvalue weighted by Crippen LogP contribution is -2.12. The monoisotopic (exact) mass is 422 g/mol. The van der Waals surface area contributed by atoms with E-state index >= 15 is 0 Å². The molecule has 1 heterocycles. The average Bonchev–Trinajstić information content (AvgIpc) is 3.15. The Labute approximate surface area is 166 Å². The van der Waals surface area contributed by atoms with Crippen LogP contribution in [0, 0.1) is 10.1 Å². The molecule has 0 aliphatic carbocycles. The van der Waals surface area contributed by atoms with Crippen molar-refractivity contribution in [3.05, 3.63) is 86.1 Å². The second-order valence-corrected chi connectivity index (χ2v) is 6.78. The number of hydrogen-bond acceptors (Lipinski definition) is 5. The summed E-state index contributed by atoms with van der Waals surface area (Å²) in [4.78, 5) is 23.0. The van der Waals surface area contributed by atoms with Crippen LogP contribution < -0.4 is 10.1 Å². The number of nitro benzene ring substituents is 1. The van der Waals surface area contributed by atoms with Gasteiger partial charge in [-0.3, -0.25) is 14.9 Å². The molecule has 2 aromatic carbocycles. The summed E-state index contributed by atoms with van der Waals surface area (Å²) in [6.07, 6.45) is -4.51. The number of amides is 1. The SMILES string of the molecule is O=C(Nc1cccc(C(F)(F)F)c1)c1cc(COc2ccccc2[N+](=O)[O-])cs1. The summed E-state index contributed by atoms with van der Waals surface area (Å²) >= 11 is 1.08. The van der Waals surface area contributed by atoms with Crippen LogP contribution in [0.5, 0.6) is 5.75 Å². The zero-order valence-corrected chi connectivity index (χ0v) is 15.4. The van der Waals surface area contributed by atoms with Crippen molar-refractivity contribution in [1.82, 2.24) is 0 Å². The number of carbonyl (C=O) groups excluding carboxylic acids is 1. The summed E-state index contributed by atoms with van der Waals surface area (Å²) in [6.45, 7) is -0.00179. The van der Waals surface area contributed by atoms with Gasteiger partial charge in [-0.05, 0) is 35.7 Å². The first-order valence-corrected chi connectivity index (χ1v) is 9.04. The van der Waals surface area contributed by atoms with Crippen LogP contribution in [0.2, 0.25) is 0 Å². The maximum Gasteiger partial charge on any atom is 0.416 e. The van der Waals surface area contributed by atoms with Crippen LogP contribution in [-0.4, -0.2) is 10.8 Å². The number of thiophene rings is 1. The highest BCUT2D eigenvalue weighted by Gasteiger charge is 2.30. The number of hydrogen-bond donors (Lipinski definition) is 1. The zero-order valence-electron chi connectivity index (χ0n) is 14.6. The molecule has 0 spiro atoms. The molecule has 0 saturated heterocycles. The normalized spacial score (nSPS) is 11.1. The van der Waals surface area contributed by atoms with Gasteiger partial charge >= 0.3 is 11.9 Å². The second kappa shape index (κ2) is 8.31. The zero-order chi connectivity index (χ0) is 21.0. The minimum atomic E-state index is -4.51. The molecule has 10 heteroatoms. The van der Waals surface area contributed by atoms with Crippen LogP contribution >= 0.6 is 11.3 Å². The quantitative estimate of drug-likeness (QED) is 0.420. The lowest BCUT2D eigenvalue weighted by molar-refractivity contribution is -0.385. The van der Waals surface area contributed by atoms with Crippen LogP contribution in [0.25, 0.3) is 0 Å². The van der Waals surface area contributed by atoms with E-state index in [4.69, 9.17) is 4.74 Å². The van der Waals surface area contributed by atoms with E-state index in [1.807, 2.05) is 0 Å². The Morgan fingerprint density at radius 1 is 1.14 bits per heavy atom. The second-order valence-electron chi connectivity index (χ2n) is 5.87. The first-order chi connectivity index (χ1) is 13.7. The van der Waals surface area contributed by atoms with Crippen molar-refractivity contribution in [3.8, 4) is 5.75 Å². The molecule has 1 amide bonds. The Bertz CT molecular complexity index is 1050. The number of halogens is 3. The number of para-hydroxylation sites is 2. The van der Waals surface area contributed by atoms with E-state index in [1.165, 1.54) is 36.4 Å². The van der Waals surface area contributed by atoms with Crippen molar-refractivity contribution >= 4 is 28.6 Å². The van der Waals surface area contributed by atoms with E-state index < -0.39 is 22.6 Å². The summed E-state index contributed by atoms with van der Waals surface area (Å²) in [5.74, 6) is -0.468. The van der Waals surface area contributed by atoms with E-state index in [1.54, 1.807) is 11.4 Å². The molecule has 6 nitrogen and oxygen atoms in total. The third-order valence-electron chi connectivity index (χ3n) is 3.78. The maximum absolute atomic E-state index is 12.8. The molecule has 0 aliphatic rings. The number of alkyl halides is 3. The highest BCUT2D eigenvalue weighted by atomic mass is 32.1. The molecule has 3 aromatic rings. The topological polar surface area (TPSA) is 81.5 Å². The predicted molar refractivity (Wildman–Crippen MR) is 101 cm³/mol. The molecule has 1 aromatic heterocycles. The van der Waals surface area contributed by atoms with Gasteiger partial charge in [0.15, 0.2) is 5.75 Å². The minimum absolute atomic E-state index is 0.00179. The van der Waals surface area contributed by atoms with Crippen molar-refractivity contribution in [2.75, 3.05) is 5.32 Å². The maximum atomic E-state index is 12.8. The lowest BCUT2D eigenvalue weighted by Gasteiger charge is -2.09. The third kappa shape index (κ3) is 5.11. The van der Waals surface area contributed by atoms with Gasteiger partial charge in [-0.15, -0.1) is 11.3 Å². The molecule has 0 atom stereocenters. The summed E-state index contributed by atoms with van der Waals surface area (Å²) in [5.41, 5.74) is -0.413. The summed E-state index contributed by atoms with van der Waals surface area (Å²) < 4.78 is 43.8. The number of carbonyl (C=O) groups is 1. The van der Waals surface area contributed by atoms with E-state index in [-0.39, 0.29) is 28.6 Å². The molecule has 0 bridgehead atoms. The molecular weight excluding hydrogens is 409 g/mol. The van der Waals surface area contributed by atoms with Gasteiger partial charge in [0.25, 0.3) is 5.91 Å². The van der Waals surface area contributed by atoms with E-state index in [9.17, 15) is 28.1 Å². The molecule has 0 unspecified atom stereocenters. The summed E-state index contributed by atoms with van der Waals surface area (Å²) in [7, 11) is 0. The van der Waals surface area contributed by atoms with Crippen LogP contribution in [0.15, 0.2) is 60.0 Å². The van der Waals surface area contributed by atoms with E-state index in [0.29, 0.717) is 5.56 Å². The van der Waals surface area contributed by atoms with Crippen LogP contribution in [0.4, 0.5) is 24.5 Å². The highest BCUT2D eigenvalue weighted by molar-refractivity contribution is 7.12. The van der Waals surface area contributed by atoms with E-state index in [0.717, 1.165) is 23.5 Å². The summed E-state index contributed by atoms with van der Waals surface area (Å²) in [5, 5.41) is 15.0. The lowest BCUT2D eigenvalue weighted by atomic mass is 10.2. The molecule has 29 heavy (non-hydrogen) atoms. The van der Waals surface area contributed by atoms with Crippen LogP contribution in [0.1, 0.15) is 20.8 Å². The molecule has 3 rings (SSSR count). The van der Waals surface area contributed by atoms with Gasteiger partial charge < -0.3 is 10.1 Å². The Morgan fingerprint density at radius 3 is 2.62 bits per heavy atom. The number of nitrogens with zero attached hydrogens (tertiary/aromatic N) is 1. The minimum Gasteiger partial charge on any atom is -0.482 e. The van der Waals surface area contributed by atoms with Gasteiger partial charge in [0.1, 0.15) is 6.61 Å². The first-order valence-electron chi connectivity index (χ1n) is 8.16. The average molecular weight is 422 g/mol. The Morgan fingerprint density at radius 2 is 1.90 bits per heavy atom. The van der Waals surface area contributed by atoms with Gasteiger partial charge in [0, 0.05) is 17.3 Å². The molecule has 0 aliphatic heterocycles. The van der Waals surface area contributed by atoms with Gasteiger partial charge in [-0.1, -0.05) is 18.2 Å². The number of ether oxygens (including phenoxy) is 1. The van der Waals surface area contributed by atoms with Crippen molar-refractivity contribution in [3.63, 3.8) is 0 Å². The number of anilines is 1. The summed E-state index contributed by atoms with van der Waals surface area (Å²) in [6, 6.07) is 11.8. The number of rotatable bonds is 6. The Hall–Kier alpha value is -3.40. The number of nitro groups is 1. The number of benzene rings is 2. The number of nitrogens with one attached hydrogen (secondary N) is 1. The molecule has 0 saturated carbocycles. The third-order valence-corrected chi connectivity index (χ3v) is 4.76. The fraction of sp³-hybridized carbons (Fsp3) is 0.105. The fourth-order valence-corrected chi connectivity index (χ4v) is 3.22. The standard InChI is InChI=1S/C19H13F3N2O4S/c20-19(21,22)13-4-3-5-14(9-13)23-18(25)17-8-12(11-29-17)10-28-16-7-2-1-6-15(16)24(26)27/h1-9,11H,10H2,(H,23,25). The van der Waals surface area contributed by atoms with Gasteiger partial charge in [-0.2, -0.15) is 13.2 Å². The van der Waals surface area contributed by atoms with Crippen molar-refractivity contribution < 1.29 is 27.6 Å². The Balaban J connectivity index is 1.66. The first kappa shape index (κ1) is 20.3. The van der Waals surface area contributed by atoms with Crippen LogP contribution in [-0.2, 0) is 12.8 Å². The van der Waals surface area contributed by atoms with Crippen molar-refractivity contribution in [2.45, 2.75) is 12.8 Å². The van der Waals surface area contributed by atoms with Gasteiger partial charge in [0.05, 0.1) is 15.4 Å². The van der Waals surface area contributed by atoms with Crippen molar-refractivity contribution in [2.24, 2.45) is 0 Å². The van der Waals surface area contributed by atoms with Crippen LogP contribution in [0.3, 0.4) is 0 Å². The van der Waals surface area contributed by atoms with Gasteiger partial charge in [0.2, 0.25) is 0 Å². The highest BCUT2D eigenvalue weighted by Crippen LogP contribution is 2.31.